The van der Waals surface area contributed by atoms with Gasteiger partial charge in [0.15, 0.2) is 0 Å². The van der Waals surface area contributed by atoms with Gasteiger partial charge in [0.25, 0.3) is 0 Å². The summed E-state index contributed by atoms with van der Waals surface area (Å²) in [5.74, 6) is 0.459. The van der Waals surface area contributed by atoms with E-state index in [4.69, 9.17) is 0 Å². The van der Waals surface area contributed by atoms with Gasteiger partial charge < -0.3 is 9.80 Å². The molecule has 0 spiro atoms. The minimum absolute atomic E-state index is 0.0364. The van der Waals surface area contributed by atoms with Gasteiger partial charge in [0.05, 0.1) is 12.3 Å². The Morgan fingerprint density at radius 3 is 2.20 bits per heavy atom. The lowest BCUT2D eigenvalue weighted by molar-refractivity contribution is -0.136. The Morgan fingerprint density at radius 2 is 1.65 bits per heavy atom. The lowest BCUT2D eigenvalue weighted by Crippen LogP contribution is -2.54. The smallest absolute Gasteiger partial charge is 0.226 e. The first-order chi connectivity index (χ1) is 9.54. The molecule has 0 aromatic heterocycles. The van der Waals surface area contributed by atoms with Gasteiger partial charge in [-0.2, -0.15) is 0 Å². The van der Waals surface area contributed by atoms with Gasteiger partial charge in [-0.05, 0) is 25.7 Å². The number of hydrogen-bond acceptors (Lipinski definition) is 3. The molecule has 2 fully saturated rings. The van der Waals surface area contributed by atoms with E-state index in [-0.39, 0.29) is 30.1 Å². The monoisotopic (exact) mass is 281 g/mol. The van der Waals surface area contributed by atoms with Crippen LogP contribution in [-0.4, -0.2) is 47.0 Å². The first-order valence-corrected chi connectivity index (χ1v) is 7.90. The van der Waals surface area contributed by atoms with Gasteiger partial charge in [-0.25, -0.2) is 0 Å². The van der Waals surface area contributed by atoms with Crippen LogP contribution < -0.4 is 5.32 Å². The zero-order valence-corrected chi connectivity index (χ0v) is 12.9. The van der Waals surface area contributed by atoms with Crippen LogP contribution in [0.25, 0.3) is 0 Å². The molecule has 2 saturated heterocycles. The van der Waals surface area contributed by atoms with E-state index < -0.39 is 0 Å². The molecule has 5 nitrogen and oxygen atoms in total. The first-order valence-electron chi connectivity index (χ1n) is 7.90. The van der Waals surface area contributed by atoms with Crippen molar-refractivity contribution in [2.24, 2.45) is 5.92 Å². The standard InChI is InChI=1S/C15H27N3O2/c1-4-14(19)17-9-5-7-12(17)16-13-8-6-10-18(13)15(20)11(2)3/h11-13,16H,4-10H2,1-3H3. The van der Waals surface area contributed by atoms with Crippen LogP contribution in [0.3, 0.4) is 0 Å². The van der Waals surface area contributed by atoms with Crippen molar-refractivity contribution >= 4 is 11.8 Å². The Hall–Kier alpha value is -1.10. The van der Waals surface area contributed by atoms with Gasteiger partial charge in [0, 0.05) is 25.4 Å². The summed E-state index contributed by atoms with van der Waals surface area (Å²) >= 11 is 0. The predicted octanol–water partition coefficient (Wildman–Crippen LogP) is 1.54. The SMILES string of the molecule is CCC(=O)N1CCCC1NC1CCCN1C(=O)C(C)C. The van der Waals surface area contributed by atoms with Crippen molar-refractivity contribution in [3.8, 4) is 0 Å². The number of nitrogens with one attached hydrogen (secondary N) is 1. The Balaban J connectivity index is 1.98. The fourth-order valence-corrected chi connectivity index (χ4v) is 3.20. The molecule has 2 amide bonds. The van der Waals surface area contributed by atoms with E-state index in [9.17, 15) is 9.59 Å². The molecule has 2 aliphatic heterocycles. The van der Waals surface area contributed by atoms with E-state index in [1.807, 2.05) is 30.6 Å². The van der Waals surface area contributed by atoms with E-state index in [1.54, 1.807) is 0 Å². The third-order valence-electron chi connectivity index (χ3n) is 4.29. The van der Waals surface area contributed by atoms with Crippen molar-refractivity contribution < 1.29 is 9.59 Å². The second kappa shape index (κ2) is 6.57. The quantitative estimate of drug-likeness (QED) is 0.850. The number of rotatable bonds is 4. The summed E-state index contributed by atoms with van der Waals surface area (Å²) in [7, 11) is 0. The molecule has 20 heavy (non-hydrogen) atoms. The highest BCUT2D eigenvalue weighted by Crippen LogP contribution is 2.22. The van der Waals surface area contributed by atoms with Crippen LogP contribution in [-0.2, 0) is 9.59 Å². The molecule has 2 rings (SSSR count). The van der Waals surface area contributed by atoms with Crippen LogP contribution in [0.4, 0.5) is 0 Å². The maximum absolute atomic E-state index is 12.2. The third kappa shape index (κ3) is 3.14. The minimum Gasteiger partial charge on any atom is -0.327 e. The van der Waals surface area contributed by atoms with Gasteiger partial charge in [0.1, 0.15) is 0 Å². The van der Waals surface area contributed by atoms with Gasteiger partial charge in [-0.1, -0.05) is 20.8 Å². The van der Waals surface area contributed by atoms with Crippen LogP contribution in [0, 0.1) is 5.92 Å². The highest BCUT2D eigenvalue weighted by molar-refractivity contribution is 5.78. The lowest BCUT2D eigenvalue weighted by Gasteiger charge is -2.33. The Labute approximate surface area is 121 Å². The molecule has 1 N–H and O–H groups in total. The van der Waals surface area contributed by atoms with Gasteiger partial charge in [0.2, 0.25) is 11.8 Å². The number of hydrogen-bond donors (Lipinski definition) is 1. The summed E-state index contributed by atoms with van der Waals surface area (Å²) in [6, 6.07) is 0. The number of carbonyl (C=O) groups is 2. The van der Waals surface area contributed by atoms with Crippen LogP contribution in [0.2, 0.25) is 0 Å². The summed E-state index contributed by atoms with van der Waals surface area (Å²) in [6.07, 6.45) is 4.83. The Kier molecular flexibility index (Phi) is 5.02. The molecule has 0 saturated carbocycles. The number of likely N-dealkylation sites (tertiary alicyclic amines) is 2. The Morgan fingerprint density at radius 1 is 1.10 bits per heavy atom. The number of nitrogens with zero attached hydrogens (tertiary/aromatic N) is 2. The third-order valence-corrected chi connectivity index (χ3v) is 4.29. The molecule has 0 aromatic carbocycles. The normalized spacial score (nSPS) is 26.6. The molecule has 114 valence electrons. The average molecular weight is 281 g/mol. The van der Waals surface area contributed by atoms with Crippen molar-refractivity contribution in [2.45, 2.75) is 65.2 Å². The van der Waals surface area contributed by atoms with E-state index in [0.717, 1.165) is 38.8 Å². The zero-order valence-electron chi connectivity index (χ0n) is 12.9. The van der Waals surface area contributed by atoms with E-state index in [0.29, 0.717) is 6.42 Å². The molecule has 2 unspecified atom stereocenters. The highest BCUT2D eigenvalue weighted by atomic mass is 16.2. The molecule has 0 radical (unpaired) electrons. The maximum atomic E-state index is 12.2. The van der Waals surface area contributed by atoms with Crippen molar-refractivity contribution in [3.05, 3.63) is 0 Å². The van der Waals surface area contributed by atoms with Crippen molar-refractivity contribution in [2.75, 3.05) is 13.1 Å². The van der Waals surface area contributed by atoms with E-state index in [1.165, 1.54) is 0 Å². The summed E-state index contributed by atoms with van der Waals surface area (Å²) in [6.45, 7) is 7.47. The topological polar surface area (TPSA) is 52.7 Å². The molecule has 0 bridgehead atoms. The molecule has 2 atom stereocenters. The van der Waals surface area contributed by atoms with Gasteiger partial charge in [-0.15, -0.1) is 0 Å². The number of amides is 2. The van der Waals surface area contributed by atoms with Crippen molar-refractivity contribution in [1.29, 1.82) is 0 Å². The maximum Gasteiger partial charge on any atom is 0.226 e. The summed E-state index contributed by atoms with van der Waals surface area (Å²) in [4.78, 5) is 28.0. The number of carbonyl (C=O) groups excluding carboxylic acids is 2. The zero-order chi connectivity index (χ0) is 14.7. The summed E-state index contributed by atoms with van der Waals surface area (Å²) in [5.41, 5.74) is 0. The molecule has 2 heterocycles. The first kappa shape index (κ1) is 15.3. The average Bonchev–Trinajstić information content (AvgIpc) is 3.06. The minimum atomic E-state index is 0.0364. The summed E-state index contributed by atoms with van der Waals surface area (Å²) < 4.78 is 0. The fourth-order valence-electron chi connectivity index (χ4n) is 3.20. The molecular weight excluding hydrogens is 254 g/mol. The lowest BCUT2D eigenvalue weighted by atomic mass is 10.2. The molecule has 0 aromatic rings. The molecular formula is C15H27N3O2. The van der Waals surface area contributed by atoms with Gasteiger partial charge >= 0.3 is 0 Å². The van der Waals surface area contributed by atoms with Crippen LogP contribution in [0.1, 0.15) is 52.9 Å². The van der Waals surface area contributed by atoms with E-state index >= 15 is 0 Å². The predicted molar refractivity (Wildman–Crippen MR) is 77.7 cm³/mol. The van der Waals surface area contributed by atoms with Crippen LogP contribution in [0.5, 0.6) is 0 Å². The summed E-state index contributed by atoms with van der Waals surface area (Å²) in [5, 5.41) is 3.54. The van der Waals surface area contributed by atoms with Crippen molar-refractivity contribution in [3.63, 3.8) is 0 Å². The van der Waals surface area contributed by atoms with Crippen LogP contribution in [0.15, 0.2) is 0 Å². The van der Waals surface area contributed by atoms with E-state index in [2.05, 4.69) is 5.32 Å². The largest absolute Gasteiger partial charge is 0.327 e. The Bertz CT molecular complexity index is 370. The molecule has 5 heteroatoms. The van der Waals surface area contributed by atoms with Crippen LogP contribution >= 0.6 is 0 Å². The van der Waals surface area contributed by atoms with Crippen molar-refractivity contribution in [1.82, 2.24) is 15.1 Å². The molecule has 0 aliphatic carbocycles. The highest BCUT2D eigenvalue weighted by Gasteiger charge is 2.35. The fraction of sp³-hybridized carbons (Fsp3) is 0.867. The second-order valence-electron chi connectivity index (χ2n) is 6.11. The van der Waals surface area contributed by atoms with Gasteiger partial charge in [-0.3, -0.25) is 14.9 Å². The molecule has 2 aliphatic rings. The second-order valence-corrected chi connectivity index (χ2v) is 6.11.